The summed E-state index contributed by atoms with van der Waals surface area (Å²) < 4.78 is 5.49. The van der Waals surface area contributed by atoms with Crippen LogP contribution in [0.2, 0.25) is 5.02 Å². The minimum Gasteiger partial charge on any atom is -0.508 e. The zero-order chi connectivity index (χ0) is 13.4. The van der Waals surface area contributed by atoms with Gasteiger partial charge in [0.05, 0.1) is 5.56 Å². The molecule has 1 aliphatic rings. The number of halogens is 1. The standard InChI is InChI=1S/C15H9ClO3/c16-10-4-5-13-12(8-10)15(18)14(19-13)7-9-2-1-3-11(17)6-9/h1-8,17H/b14-7-. The summed E-state index contributed by atoms with van der Waals surface area (Å²) in [5.41, 5.74) is 1.15. The molecular formula is C15H9ClO3. The number of ketones is 1. The van der Waals surface area contributed by atoms with Crippen molar-refractivity contribution in [3.63, 3.8) is 0 Å². The largest absolute Gasteiger partial charge is 0.508 e. The summed E-state index contributed by atoms with van der Waals surface area (Å²) in [4.78, 5) is 12.1. The molecule has 0 unspecified atom stereocenters. The van der Waals surface area contributed by atoms with Gasteiger partial charge in [-0.15, -0.1) is 0 Å². The third kappa shape index (κ3) is 2.20. The first-order valence-electron chi connectivity index (χ1n) is 5.66. The van der Waals surface area contributed by atoms with Gasteiger partial charge in [0.15, 0.2) is 5.76 Å². The van der Waals surface area contributed by atoms with Gasteiger partial charge in [0.2, 0.25) is 5.78 Å². The SMILES string of the molecule is O=C1/C(=C/c2cccc(O)c2)Oc2ccc(Cl)cc21. The molecule has 2 aromatic rings. The third-order valence-corrected chi connectivity index (χ3v) is 3.03. The van der Waals surface area contributed by atoms with E-state index in [0.29, 0.717) is 21.9 Å². The number of carbonyl (C=O) groups excluding carboxylic acids is 1. The first-order chi connectivity index (χ1) is 9.13. The van der Waals surface area contributed by atoms with Crippen molar-refractivity contribution < 1.29 is 14.6 Å². The van der Waals surface area contributed by atoms with Crippen LogP contribution in [0.25, 0.3) is 6.08 Å². The van der Waals surface area contributed by atoms with E-state index in [1.165, 1.54) is 0 Å². The highest BCUT2D eigenvalue weighted by atomic mass is 35.5. The molecule has 0 saturated heterocycles. The fourth-order valence-electron chi connectivity index (χ4n) is 1.93. The predicted molar refractivity (Wildman–Crippen MR) is 72.5 cm³/mol. The quantitative estimate of drug-likeness (QED) is 0.806. The van der Waals surface area contributed by atoms with Gasteiger partial charge in [-0.05, 0) is 42.0 Å². The molecule has 1 aliphatic heterocycles. The Morgan fingerprint density at radius 1 is 1.16 bits per heavy atom. The van der Waals surface area contributed by atoms with Gasteiger partial charge in [-0.1, -0.05) is 23.7 Å². The maximum atomic E-state index is 12.1. The molecule has 0 spiro atoms. The summed E-state index contributed by atoms with van der Waals surface area (Å²) >= 11 is 5.86. The lowest BCUT2D eigenvalue weighted by Crippen LogP contribution is -1.97. The highest BCUT2D eigenvalue weighted by Gasteiger charge is 2.27. The van der Waals surface area contributed by atoms with E-state index < -0.39 is 0 Å². The second kappa shape index (κ2) is 4.44. The smallest absolute Gasteiger partial charge is 0.232 e. The summed E-state index contributed by atoms with van der Waals surface area (Å²) in [7, 11) is 0. The summed E-state index contributed by atoms with van der Waals surface area (Å²) in [6.07, 6.45) is 1.59. The summed E-state index contributed by atoms with van der Waals surface area (Å²) in [5.74, 6) is 0.657. The van der Waals surface area contributed by atoms with E-state index in [0.717, 1.165) is 0 Å². The monoisotopic (exact) mass is 272 g/mol. The lowest BCUT2D eigenvalue weighted by atomic mass is 10.1. The molecule has 1 N–H and O–H groups in total. The molecule has 3 rings (SSSR count). The molecule has 0 atom stereocenters. The molecule has 19 heavy (non-hydrogen) atoms. The Labute approximate surface area is 114 Å². The van der Waals surface area contributed by atoms with Crippen LogP contribution in [0.15, 0.2) is 48.2 Å². The predicted octanol–water partition coefficient (Wildman–Crippen LogP) is 3.66. The molecular weight excluding hydrogens is 264 g/mol. The fraction of sp³-hybridized carbons (Fsp3) is 0. The van der Waals surface area contributed by atoms with Crippen molar-refractivity contribution in [3.05, 3.63) is 64.4 Å². The van der Waals surface area contributed by atoms with Crippen LogP contribution in [-0.4, -0.2) is 10.9 Å². The Hall–Kier alpha value is -2.26. The highest BCUT2D eigenvalue weighted by molar-refractivity contribution is 6.31. The van der Waals surface area contributed by atoms with Crippen molar-refractivity contribution in [1.29, 1.82) is 0 Å². The van der Waals surface area contributed by atoms with E-state index in [1.54, 1.807) is 48.5 Å². The molecule has 0 aromatic heterocycles. The van der Waals surface area contributed by atoms with E-state index in [9.17, 15) is 9.90 Å². The lowest BCUT2D eigenvalue weighted by Gasteiger charge is -1.99. The van der Waals surface area contributed by atoms with E-state index in [4.69, 9.17) is 16.3 Å². The molecule has 0 fully saturated rings. The van der Waals surface area contributed by atoms with Gasteiger partial charge >= 0.3 is 0 Å². The van der Waals surface area contributed by atoms with E-state index in [-0.39, 0.29) is 17.3 Å². The van der Waals surface area contributed by atoms with Crippen molar-refractivity contribution in [2.45, 2.75) is 0 Å². The number of hydrogen-bond acceptors (Lipinski definition) is 3. The van der Waals surface area contributed by atoms with Gasteiger partial charge in [0.1, 0.15) is 11.5 Å². The molecule has 0 amide bonds. The van der Waals surface area contributed by atoms with Crippen LogP contribution in [0.5, 0.6) is 11.5 Å². The Morgan fingerprint density at radius 2 is 2.00 bits per heavy atom. The number of phenolic OH excluding ortho intramolecular Hbond substituents is 1. The molecule has 2 aromatic carbocycles. The Kier molecular flexibility index (Phi) is 2.76. The minimum absolute atomic E-state index is 0.139. The van der Waals surface area contributed by atoms with Crippen LogP contribution in [0.1, 0.15) is 15.9 Å². The van der Waals surface area contributed by atoms with Crippen molar-refractivity contribution in [3.8, 4) is 11.5 Å². The second-order valence-corrected chi connectivity index (χ2v) is 4.61. The van der Waals surface area contributed by atoms with Crippen LogP contribution in [0.4, 0.5) is 0 Å². The number of Topliss-reactive ketones (excluding diaryl/α,β-unsaturated/α-hetero) is 1. The van der Waals surface area contributed by atoms with Crippen molar-refractivity contribution >= 4 is 23.5 Å². The zero-order valence-corrected chi connectivity index (χ0v) is 10.5. The Balaban J connectivity index is 2.00. The zero-order valence-electron chi connectivity index (χ0n) is 9.76. The minimum atomic E-state index is -0.208. The van der Waals surface area contributed by atoms with Crippen LogP contribution in [0, 0.1) is 0 Å². The summed E-state index contributed by atoms with van der Waals surface area (Å²) in [6, 6.07) is 11.5. The van der Waals surface area contributed by atoms with Gasteiger partial charge in [-0.25, -0.2) is 0 Å². The van der Waals surface area contributed by atoms with Crippen LogP contribution < -0.4 is 4.74 Å². The number of allylic oxidation sites excluding steroid dienone is 1. The second-order valence-electron chi connectivity index (χ2n) is 4.18. The number of ether oxygens (including phenoxy) is 1. The average molecular weight is 273 g/mol. The molecule has 3 nitrogen and oxygen atoms in total. The normalized spacial score (nSPS) is 15.4. The molecule has 0 saturated carbocycles. The van der Waals surface area contributed by atoms with Gasteiger partial charge in [0, 0.05) is 5.02 Å². The van der Waals surface area contributed by atoms with E-state index in [2.05, 4.69) is 0 Å². The van der Waals surface area contributed by atoms with E-state index in [1.807, 2.05) is 0 Å². The molecule has 4 heteroatoms. The fourth-order valence-corrected chi connectivity index (χ4v) is 2.10. The maximum Gasteiger partial charge on any atom is 0.232 e. The molecule has 94 valence electrons. The van der Waals surface area contributed by atoms with Gasteiger partial charge in [0.25, 0.3) is 0 Å². The molecule has 1 heterocycles. The van der Waals surface area contributed by atoms with Crippen molar-refractivity contribution in [2.75, 3.05) is 0 Å². The summed E-state index contributed by atoms with van der Waals surface area (Å²) in [6.45, 7) is 0. The molecule has 0 bridgehead atoms. The maximum absolute atomic E-state index is 12.1. The van der Waals surface area contributed by atoms with Crippen LogP contribution in [0.3, 0.4) is 0 Å². The third-order valence-electron chi connectivity index (χ3n) is 2.80. The van der Waals surface area contributed by atoms with Gasteiger partial charge in [-0.3, -0.25) is 4.79 Å². The molecule has 0 aliphatic carbocycles. The number of phenols is 1. The first kappa shape index (κ1) is 11.8. The van der Waals surface area contributed by atoms with E-state index >= 15 is 0 Å². The number of benzene rings is 2. The molecule has 0 radical (unpaired) electrons. The van der Waals surface area contributed by atoms with Crippen LogP contribution in [-0.2, 0) is 0 Å². The highest BCUT2D eigenvalue weighted by Crippen LogP contribution is 2.33. The number of rotatable bonds is 1. The summed E-state index contributed by atoms with van der Waals surface area (Å²) in [5, 5.41) is 9.89. The topological polar surface area (TPSA) is 46.5 Å². The van der Waals surface area contributed by atoms with Crippen LogP contribution >= 0.6 is 11.6 Å². The van der Waals surface area contributed by atoms with Crippen molar-refractivity contribution in [2.24, 2.45) is 0 Å². The lowest BCUT2D eigenvalue weighted by molar-refractivity contribution is 0.101. The van der Waals surface area contributed by atoms with Crippen molar-refractivity contribution in [1.82, 2.24) is 0 Å². The van der Waals surface area contributed by atoms with Gasteiger partial charge < -0.3 is 9.84 Å². The number of carbonyl (C=O) groups is 1. The Bertz CT molecular complexity index is 704. The average Bonchev–Trinajstić information content (AvgIpc) is 2.67. The number of aromatic hydroxyl groups is 1. The Morgan fingerprint density at radius 3 is 2.79 bits per heavy atom. The van der Waals surface area contributed by atoms with Gasteiger partial charge in [-0.2, -0.15) is 0 Å². The first-order valence-corrected chi connectivity index (χ1v) is 6.04. The number of hydrogen-bond donors (Lipinski definition) is 1. The number of fused-ring (bicyclic) bond motifs is 1.